The number of benzene rings is 6. The molecule has 2 fully saturated rings. The van der Waals surface area contributed by atoms with Gasteiger partial charge in [-0.3, -0.25) is 24.3 Å². The minimum atomic E-state index is -1.39. The summed E-state index contributed by atoms with van der Waals surface area (Å²) in [5.74, 6) is -2.56. The molecule has 2 amide bonds. The molecule has 11 rings (SSSR count). The molecule has 0 spiro atoms. The molecule has 1 saturated heterocycles. The summed E-state index contributed by atoms with van der Waals surface area (Å²) < 4.78 is 11.4. The minimum absolute atomic E-state index is 0.0160. The van der Waals surface area contributed by atoms with Crippen LogP contribution in [0.25, 0.3) is 6.08 Å². The first-order valence-corrected chi connectivity index (χ1v) is 28.5. The number of anilines is 1. The number of aromatic nitrogens is 2. The van der Waals surface area contributed by atoms with Crippen molar-refractivity contribution in [3.05, 3.63) is 274 Å². The second-order valence-electron chi connectivity index (χ2n) is 19.6. The number of allylic oxidation sites excluding steroid dienone is 1. The number of thiazole rings is 1. The van der Waals surface area contributed by atoms with Crippen LogP contribution in [-0.4, -0.2) is 67.8 Å². The van der Waals surface area contributed by atoms with E-state index in [-0.39, 0.29) is 28.8 Å². The minimum Gasteiger partial charge on any atom is -0.425 e. The van der Waals surface area contributed by atoms with E-state index in [1.54, 1.807) is 36.0 Å². The lowest BCUT2D eigenvalue weighted by Gasteiger charge is -2.49. The molecule has 1 unspecified atom stereocenters. The number of carbonyl (C=O) groups is 4. The fraction of sp³-hybridized carbons (Fsp3) is 0.185. The van der Waals surface area contributed by atoms with E-state index in [4.69, 9.17) is 24.5 Å². The fourth-order valence-corrected chi connectivity index (χ4v) is 12.7. The number of rotatable bonds is 19. The van der Waals surface area contributed by atoms with Crippen molar-refractivity contribution in [3.63, 3.8) is 0 Å². The van der Waals surface area contributed by atoms with Crippen LogP contribution in [-0.2, 0) is 44.6 Å². The van der Waals surface area contributed by atoms with Gasteiger partial charge in [0.1, 0.15) is 28.3 Å². The van der Waals surface area contributed by atoms with Gasteiger partial charge in [0, 0.05) is 47.1 Å². The van der Waals surface area contributed by atoms with Crippen molar-refractivity contribution in [2.45, 2.75) is 61.5 Å². The number of esters is 2. The van der Waals surface area contributed by atoms with Crippen molar-refractivity contribution in [3.8, 4) is 0 Å². The van der Waals surface area contributed by atoms with E-state index in [1.165, 1.54) is 34.9 Å². The van der Waals surface area contributed by atoms with Crippen molar-refractivity contribution in [2.24, 2.45) is 11.1 Å². The number of amides is 2. The Bertz CT molecular complexity index is 3350. The zero-order chi connectivity index (χ0) is 54.9. The molecule has 2 aliphatic heterocycles. The molecule has 6 aromatic carbocycles. The van der Waals surface area contributed by atoms with Crippen molar-refractivity contribution in [2.75, 3.05) is 11.1 Å². The van der Waals surface area contributed by atoms with E-state index in [0.717, 1.165) is 51.8 Å². The van der Waals surface area contributed by atoms with Crippen LogP contribution >= 0.6 is 23.1 Å². The number of thioether (sulfide) groups is 1. The Morgan fingerprint density at radius 3 is 1.73 bits per heavy atom. The lowest BCUT2D eigenvalue weighted by molar-refractivity contribution is -0.187. The molecule has 13 nitrogen and oxygen atoms in total. The Balaban J connectivity index is 0.973. The summed E-state index contributed by atoms with van der Waals surface area (Å²) >= 11 is 2.67. The number of hydrogen-bond donors (Lipinski definition) is 2. The molecule has 8 aromatic rings. The van der Waals surface area contributed by atoms with Gasteiger partial charge >= 0.3 is 11.9 Å². The van der Waals surface area contributed by atoms with Gasteiger partial charge in [0.25, 0.3) is 11.8 Å². The van der Waals surface area contributed by atoms with Crippen LogP contribution in [0.3, 0.4) is 0 Å². The number of nitrogens with one attached hydrogen (secondary N) is 2. The Labute approximate surface area is 472 Å². The first-order valence-electron chi connectivity index (χ1n) is 26.5. The fourth-order valence-electron chi connectivity index (χ4n) is 10.7. The normalized spacial score (nSPS) is 17.0. The van der Waals surface area contributed by atoms with Gasteiger partial charge in [-0.1, -0.05) is 218 Å². The van der Waals surface area contributed by atoms with Crippen LogP contribution in [0.4, 0.5) is 5.13 Å². The van der Waals surface area contributed by atoms with Gasteiger partial charge < -0.3 is 24.9 Å². The molecule has 2 N–H and O–H groups in total. The molecule has 1 saturated carbocycles. The summed E-state index contributed by atoms with van der Waals surface area (Å²) in [5, 5.41) is 13.2. The zero-order valence-electron chi connectivity index (χ0n) is 43.7. The number of carbonyl (C=O) groups excluding carboxylic acids is 4. The number of oxime groups is 1. The van der Waals surface area contributed by atoms with E-state index in [0.29, 0.717) is 23.5 Å². The smallest absolute Gasteiger partial charge is 0.358 e. The van der Waals surface area contributed by atoms with Gasteiger partial charge in [-0.15, -0.1) is 23.1 Å². The summed E-state index contributed by atoms with van der Waals surface area (Å²) in [6.45, 7) is 1.49. The Hall–Kier alpha value is -8.92. The molecule has 3 aliphatic rings. The third-order valence-electron chi connectivity index (χ3n) is 14.6. The topological polar surface area (TPSA) is 161 Å². The van der Waals surface area contributed by atoms with Gasteiger partial charge in [-0.2, -0.15) is 0 Å². The summed E-state index contributed by atoms with van der Waals surface area (Å²) in [5.41, 5.74) is 3.97. The summed E-state index contributed by atoms with van der Waals surface area (Å²) in [6.07, 6.45) is 8.95. The van der Waals surface area contributed by atoms with E-state index in [2.05, 4.69) is 52.0 Å². The van der Waals surface area contributed by atoms with Crippen molar-refractivity contribution >= 4 is 63.8 Å². The Morgan fingerprint density at radius 2 is 1.21 bits per heavy atom. The highest BCUT2D eigenvalue weighted by atomic mass is 32.2. The van der Waals surface area contributed by atoms with E-state index in [9.17, 15) is 14.4 Å². The summed E-state index contributed by atoms with van der Waals surface area (Å²) in [6, 6.07) is 61.9. The molecule has 4 heterocycles. The van der Waals surface area contributed by atoms with Crippen LogP contribution in [0.1, 0.15) is 77.2 Å². The number of pyridine rings is 1. The van der Waals surface area contributed by atoms with E-state index >= 15 is 4.79 Å². The van der Waals surface area contributed by atoms with Gasteiger partial charge in [0.15, 0.2) is 10.8 Å². The summed E-state index contributed by atoms with van der Waals surface area (Å²) in [7, 11) is 0. The predicted molar refractivity (Wildman–Crippen MR) is 311 cm³/mol. The third-order valence-corrected chi connectivity index (χ3v) is 16.6. The maximum Gasteiger partial charge on any atom is 0.358 e. The maximum absolute atomic E-state index is 15.4. The largest absolute Gasteiger partial charge is 0.425 e. The second kappa shape index (κ2) is 24.0. The number of nitrogens with zero attached hydrogens (tertiary/aromatic N) is 4. The standard InChI is InChI=1S/C65H56N6O7S2/c1-44(76-61(74)46-24-20-21-25-46)77-62(75)57-47(39-38-45-23-22-40-66-41-45)42-79-60-56(59(73)71(57)60)68-58(72)55(70-78-65(51-32-14-5-15-33-51,52-34-16-6-17-35-52)53-36-18-7-19-37-53)54-43-80-63(67-54)69-64(48-26-8-2-9-27-48,49-28-10-3-11-29-49)50-30-12-4-13-31-50/h2-19,22-23,26-41,43-44,46,56,60H,20-21,24-25,42H2,1H3,(H,67,69)(H,68,72)/b39-38-,70-55?/t44?,56-,60+/m1/s1. The number of fused-ring (bicyclic) bond motifs is 1. The highest BCUT2D eigenvalue weighted by molar-refractivity contribution is 8.00. The molecule has 0 radical (unpaired) electrons. The Morgan fingerprint density at radius 1 is 0.688 bits per heavy atom. The van der Waals surface area contributed by atoms with Crippen LogP contribution in [0, 0.1) is 5.92 Å². The van der Waals surface area contributed by atoms with Crippen molar-refractivity contribution < 1.29 is 33.5 Å². The molecule has 2 aromatic heterocycles. The van der Waals surface area contributed by atoms with Gasteiger partial charge in [-0.05, 0) is 46.7 Å². The van der Waals surface area contributed by atoms with Gasteiger partial charge in [-0.25, -0.2) is 9.78 Å². The Kier molecular flexibility index (Phi) is 15.9. The molecular weight excluding hydrogens is 1040 g/mol. The highest BCUT2D eigenvalue weighted by Crippen LogP contribution is 2.44. The number of ether oxygens (including phenoxy) is 2. The first-order chi connectivity index (χ1) is 39.2. The van der Waals surface area contributed by atoms with Crippen LogP contribution in [0.5, 0.6) is 0 Å². The summed E-state index contributed by atoms with van der Waals surface area (Å²) in [4.78, 5) is 75.2. The maximum atomic E-state index is 15.4. The number of hydrogen-bond acceptors (Lipinski definition) is 13. The van der Waals surface area contributed by atoms with E-state index in [1.807, 2.05) is 152 Å². The number of β-lactam (4-membered cyclic amide) rings is 1. The molecule has 80 heavy (non-hydrogen) atoms. The van der Waals surface area contributed by atoms with Crippen LogP contribution < -0.4 is 10.6 Å². The monoisotopic (exact) mass is 1100 g/mol. The molecule has 15 heteroatoms. The average Bonchev–Trinajstić information content (AvgIpc) is 4.29. The quantitative estimate of drug-likeness (QED) is 0.0198. The predicted octanol–water partition coefficient (Wildman–Crippen LogP) is 11.6. The van der Waals surface area contributed by atoms with E-state index < -0.39 is 52.6 Å². The van der Waals surface area contributed by atoms with Crippen molar-refractivity contribution in [1.82, 2.24) is 20.2 Å². The average molecular weight is 1100 g/mol. The van der Waals surface area contributed by atoms with Crippen LogP contribution in [0.15, 0.2) is 234 Å². The lowest BCUT2D eigenvalue weighted by Crippen LogP contribution is -2.71. The van der Waals surface area contributed by atoms with Gasteiger partial charge in [0.05, 0.1) is 5.92 Å². The first kappa shape index (κ1) is 53.1. The molecule has 1 aliphatic carbocycles. The second-order valence-corrected chi connectivity index (χ2v) is 21.5. The third kappa shape index (κ3) is 10.8. The SMILES string of the molecule is CC(OC(=O)C1=C(/C=C\c2cccnc2)CS[C@H]2[C@H](NC(=O)C(=NOC(c3ccccc3)(c3ccccc3)c3ccccc3)c3csc(NC(c4ccccc4)(c4ccccc4)c4ccccc4)n3)C(=O)N12)OC(=O)C1CCCC1. The molecule has 400 valence electrons. The molecule has 0 bridgehead atoms. The van der Waals surface area contributed by atoms with Gasteiger partial charge in [0.2, 0.25) is 11.9 Å². The van der Waals surface area contributed by atoms with Crippen molar-refractivity contribution in [1.29, 1.82) is 0 Å². The zero-order valence-corrected chi connectivity index (χ0v) is 45.3. The molecule has 3 atom stereocenters. The lowest BCUT2D eigenvalue weighted by atomic mass is 9.77. The molecular formula is C65H56N6O7S2. The highest BCUT2D eigenvalue weighted by Gasteiger charge is 2.55. The van der Waals surface area contributed by atoms with Crippen LogP contribution in [0.2, 0.25) is 0 Å².